The van der Waals surface area contributed by atoms with Crippen LogP contribution in [0.5, 0.6) is 0 Å². The van der Waals surface area contributed by atoms with E-state index in [1.807, 2.05) is 0 Å². The molecule has 1 aliphatic rings. The first-order valence-electron chi connectivity index (χ1n) is 11.0. The van der Waals surface area contributed by atoms with Crippen LogP contribution in [0, 0.1) is 33.3 Å². The molecule has 3 aromatic carbocycles. The monoisotopic (exact) mass is 543 g/mol. The van der Waals surface area contributed by atoms with Crippen molar-refractivity contribution in [2.45, 2.75) is 25.8 Å². The van der Waals surface area contributed by atoms with Gasteiger partial charge in [0.05, 0.1) is 0 Å². The molecule has 190 valence electrons. The number of rotatable bonds is 7. The molecule has 38 heavy (non-hydrogen) atoms. The minimum atomic E-state index is 0.291. The minimum absolute atomic E-state index is 0.291. The second-order valence-corrected chi connectivity index (χ2v) is 7.82. The van der Waals surface area contributed by atoms with E-state index >= 15 is 0 Å². The van der Waals surface area contributed by atoms with Gasteiger partial charge < -0.3 is 0 Å². The van der Waals surface area contributed by atoms with Gasteiger partial charge in [-0.05, 0) is 0 Å². The average molecular weight is 544 g/mol. The molecule has 3 aromatic rings. The zero-order chi connectivity index (χ0) is 29.3. The Labute approximate surface area is 232 Å². The summed E-state index contributed by atoms with van der Waals surface area (Å²) in [5, 5.41) is 0. The molecule has 1 unspecified atom stereocenters. The van der Waals surface area contributed by atoms with E-state index in [0.717, 1.165) is 6.54 Å². The molecule has 0 amide bonds. The van der Waals surface area contributed by atoms with Crippen molar-refractivity contribution in [1.82, 2.24) is 4.90 Å². The Morgan fingerprint density at radius 2 is 1.11 bits per heavy atom. The van der Waals surface area contributed by atoms with Gasteiger partial charge in [0.25, 0.3) is 0 Å². The summed E-state index contributed by atoms with van der Waals surface area (Å²) in [6, 6.07) is 32.7. The van der Waals surface area contributed by atoms with Gasteiger partial charge in [-0.1, -0.05) is 0 Å². The zero-order valence-corrected chi connectivity index (χ0v) is 22.0. The van der Waals surface area contributed by atoms with Gasteiger partial charge in [0, 0.05) is 0 Å². The van der Waals surface area contributed by atoms with Gasteiger partial charge in [0.2, 0.25) is 0 Å². The fraction of sp³-hybridized carbons (Fsp3) is 0.161. The number of benzene rings is 3. The summed E-state index contributed by atoms with van der Waals surface area (Å²) in [6.07, 6.45) is 2.39. The number of hydrogen-bond donors (Lipinski definition) is 0. The van der Waals surface area contributed by atoms with Crippen LogP contribution in [-0.4, -0.2) is 15.8 Å². The SMILES string of the molecule is CCCCN1C(c2ccccc2)=C([C](=[Cr])c2ccccc2)C1c1ccccc1.[C-]#[O+].[C-]#[O+].[C-]#[O+].[C-]#[O+].[C-]#[O+]. The van der Waals surface area contributed by atoms with Gasteiger partial charge in [0.1, 0.15) is 0 Å². The van der Waals surface area contributed by atoms with E-state index in [9.17, 15) is 0 Å². The van der Waals surface area contributed by atoms with Gasteiger partial charge >= 0.3 is 233 Å². The molecule has 0 saturated carbocycles. The molecular weight excluding hydrogens is 518 g/mol. The summed E-state index contributed by atoms with van der Waals surface area (Å²) >= 11 is 3.40. The van der Waals surface area contributed by atoms with Gasteiger partial charge in [-0.2, -0.15) is 0 Å². The quantitative estimate of drug-likeness (QED) is 0.271. The van der Waals surface area contributed by atoms with Crippen LogP contribution in [0.2, 0.25) is 0 Å². The van der Waals surface area contributed by atoms with Crippen molar-refractivity contribution in [3.8, 4) is 0 Å². The third kappa shape index (κ3) is 9.98. The standard InChI is InChI=1S/C26H25N.5CO.Cr/c1-2-3-19-27-25(22-15-9-5-10-16-22)24(20-21-13-7-4-8-14-21)26(27)23-17-11-6-12-18-23;5*1-2;/h4-18,25H,2-3,19H2,1H3;;;;;;. The molecule has 1 atom stereocenters. The predicted octanol–water partition coefficient (Wildman–Crippen LogP) is 5.83. The van der Waals surface area contributed by atoms with Crippen molar-refractivity contribution in [3.63, 3.8) is 0 Å². The number of unbranched alkanes of at least 4 members (excludes halogenated alkanes) is 1. The van der Waals surface area contributed by atoms with Crippen molar-refractivity contribution in [1.29, 1.82) is 0 Å². The van der Waals surface area contributed by atoms with Gasteiger partial charge in [-0.15, -0.1) is 0 Å². The summed E-state index contributed by atoms with van der Waals surface area (Å²) in [4.78, 5) is 2.59. The molecule has 0 spiro atoms. The molecule has 4 rings (SSSR count). The Hall–Kier alpha value is -3.70. The molecule has 1 aliphatic heterocycles. The second-order valence-electron chi connectivity index (χ2n) is 7.18. The van der Waals surface area contributed by atoms with Crippen LogP contribution in [0.25, 0.3) is 5.70 Å². The van der Waals surface area contributed by atoms with Gasteiger partial charge in [-0.25, -0.2) is 0 Å². The van der Waals surface area contributed by atoms with E-state index in [1.165, 1.54) is 45.2 Å². The molecular formula is C31H25CrNO5. The maximum atomic E-state index is 7.50. The summed E-state index contributed by atoms with van der Waals surface area (Å²) < 4.78 is 38.8. The summed E-state index contributed by atoms with van der Waals surface area (Å²) in [7, 11) is 0. The molecule has 7 heteroatoms. The molecule has 6 nitrogen and oxygen atoms in total. The molecule has 0 bridgehead atoms. The van der Waals surface area contributed by atoms with Crippen LogP contribution in [0.4, 0.5) is 0 Å². The molecule has 0 aliphatic carbocycles. The van der Waals surface area contributed by atoms with E-state index in [4.69, 9.17) is 23.3 Å². The molecule has 0 fully saturated rings. The third-order valence-corrected chi connectivity index (χ3v) is 6.03. The van der Waals surface area contributed by atoms with Crippen molar-refractivity contribution >= 4 is 10.1 Å². The number of nitrogens with zero attached hydrogens (tertiary/aromatic N) is 1. The molecule has 0 N–H and O–H groups in total. The second kappa shape index (κ2) is 23.7. The Morgan fingerprint density at radius 3 is 1.55 bits per heavy atom. The summed E-state index contributed by atoms with van der Waals surface area (Å²) in [6.45, 7) is 25.8. The molecule has 0 radical (unpaired) electrons. The van der Waals surface area contributed by atoms with E-state index in [-0.39, 0.29) is 0 Å². The average Bonchev–Trinajstić information content (AvgIpc) is 3.03. The van der Waals surface area contributed by atoms with Crippen LogP contribution in [0.3, 0.4) is 0 Å². The Kier molecular flexibility index (Phi) is 22.7. The molecule has 0 saturated heterocycles. The summed E-state index contributed by atoms with van der Waals surface area (Å²) in [5.41, 5.74) is 6.67. The van der Waals surface area contributed by atoms with Crippen LogP contribution >= 0.6 is 0 Å². The molecule has 0 aromatic heterocycles. The van der Waals surface area contributed by atoms with Gasteiger partial charge in [0.15, 0.2) is 0 Å². The maximum absolute atomic E-state index is 7.50. The summed E-state index contributed by atoms with van der Waals surface area (Å²) in [5.74, 6) is 0. The zero-order valence-electron chi connectivity index (χ0n) is 20.8. The van der Waals surface area contributed by atoms with Crippen molar-refractivity contribution in [2.24, 2.45) is 0 Å². The van der Waals surface area contributed by atoms with Crippen molar-refractivity contribution in [2.75, 3.05) is 6.54 Å². The first kappa shape index (κ1) is 36.5. The first-order valence-corrected chi connectivity index (χ1v) is 11.7. The fourth-order valence-electron chi connectivity index (χ4n) is 3.95. The van der Waals surface area contributed by atoms with Crippen molar-refractivity contribution < 1.29 is 39.1 Å². The third-order valence-electron chi connectivity index (χ3n) is 5.32. The van der Waals surface area contributed by atoms with E-state index in [0.29, 0.717) is 6.04 Å². The Bertz CT molecular complexity index is 1160. The van der Waals surface area contributed by atoms with E-state index < -0.39 is 0 Å². The van der Waals surface area contributed by atoms with Crippen LogP contribution < -0.4 is 0 Å². The Morgan fingerprint density at radius 1 is 0.684 bits per heavy atom. The van der Waals surface area contributed by atoms with Crippen LogP contribution in [0.1, 0.15) is 42.5 Å². The number of hydrogen-bond acceptors (Lipinski definition) is 1. The van der Waals surface area contributed by atoms with Crippen LogP contribution in [-0.2, 0) is 39.1 Å². The van der Waals surface area contributed by atoms with Crippen LogP contribution in [0.15, 0.2) is 96.6 Å². The predicted molar refractivity (Wildman–Crippen MR) is 134 cm³/mol. The molecule has 1 heterocycles. The normalized spacial score (nSPS) is 12.1. The Balaban J connectivity index is 0. The van der Waals surface area contributed by atoms with E-state index in [2.05, 4.69) is 152 Å². The topological polar surface area (TPSA) is 103 Å². The fourth-order valence-corrected chi connectivity index (χ4v) is 4.49. The first-order chi connectivity index (χ1) is 18.8. The van der Waals surface area contributed by atoms with E-state index in [1.54, 1.807) is 0 Å². The van der Waals surface area contributed by atoms with Gasteiger partial charge in [-0.3, -0.25) is 0 Å². The van der Waals surface area contributed by atoms with Crippen molar-refractivity contribution in [3.05, 3.63) is 147 Å².